The van der Waals surface area contributed by atoms with Crippen molar-refractivity contribution < 1.29 is 4.79 Å². The maximum atomic E-state index is 11.4. The smallest absolute Gasteiger partial charge is 0.219 e. The lowest BCUT2D eigenvalue weighted by Gasteiger charge is -2.36. The van der Waals surface area contributed by atoms with Gasteiger partial charge in [0.05, 0.1) is 0 Å². The molecule has 1 aromatic carbocycles. The van der Waals surface area contributed by atoms with Crippen LogP contribution in [-0.4, -0.2) is 74.5 Å². The van der Waals surface area contributed by atoms with Crippen LogP contribution >= 0.6 is 0 Å². The molecule has 6 nitrogen and oxygen atoms in total. The maximum absolute atomic E-state index is 11.4. The van der Waals surface area contributed by atoms with Gasteiger partial charge in [-0.05, 0) is 25.5 Å². The zero-order valence-electron chi connectivity index (χ0n) is 15.7. The number of para-hydroxylation sites is 1. The third kappa shape index (κ3) is 5.96. The molecule has 6 heteroatoms. The van der Waals surface area contributed by atoms with E-state index in [2.05, 4.69) is 53.4 Å². The predicted octanol–water partition coefficient (Wildman–Crippen LogP) is 1.64. The topological polar surface area (TPSA) is 51.2 Å². The van der Waals surface area contributed by atoms with Gasteiger partial charge in [0.1, 0.15) is 0 Å². The Balaban J connectivity index is 1.80. The number of nitrogens with one attached hydrogen (secondary N) is 1. The summed E-state index contributed by atoms with van der Waals surface area (Å²) in [6.07, 6.45) is 1.01. The number of hydrogen-bond acceptors (Lipinski definition) is 3. The van der Waals surface area contributed by atoms with E-state index >= 15 is 0 Å². The molecule has 1 N–H and O–H groups in total. The van der Waals surface area contributed by atoms with Crippen LogP contribution in [0, 0.1) is 0 Å². The van der Waals surface area contributed by atoms with Crippen molar-refractivity contribution >= 4 is 17.6 Å². The molecule has 1 amide bonds. The van der Waals surface area contributed by atoms with Gasteiger partial charge in [-0.1, -0.05) is 18.2 Å². The van der Waals surface area contributed by atoms with Gasteiger partial charge in [0, 0.05) is 65.5 Å². The van der Waals surface area contributed by atoms with Gasteiger partial charge in [-0.2, -0.15) is 0 Å². The number of rotatable bonds is 6. The Kier molecular flexibility index (Phi) is 7.57. The van der Waals surface area contributed by atoms with Crippen LogP contribution in [0.2, 0.25) is 0 Å². The third-order valence-electron chi connectivity index (χ3n) is 4.47. The Morgan fingerprint density at radius 3 is 2.40 bits per heavy atom. The summed E-state index contributed by atoms with van der Waals surface area (Å²) in [6, 6.07) is 10.4. The molecule has 0 bridgehead atoms. The fraction of sp³-hybridized carbons (Fsp3) is 0.579. The molecule has 0 unspecified atom stereocenters. The summed E-state index contributed by atoms with van der Waals surface area (Å²) in [4.78, 5) is 22.6. The number of aliphatic imine (C=N–C) groups is 1. The molecule has 1 aliphatic rings. The minimum atomic E-state index is 0.158. The number of benzene rings is 1. The summed E-state index contributed by atoms with van der Waals surface area (Å²) in [5.74, 6) is 1.12. The summed E-state index contributed by atoms with van der Waals surface area (Å²) in [6.45, 7) is 9.59. The fourth-order valence-corrected chi connectivity index (χ4v) is 2.96. The minimum absolute atomic E-state index is 0.158. The molecule has 0 spiro atoms. The molecular weight excluding hydrogens is 314 g/mol. The monoisotopic (exact) mass is 345 g/mol. The quantitative estimate of drug-likeness (QED) is 0.484. The van der Waals surface area contributed by atoms with Crippen LogP contribution in [0.3, 0.4) is 0 Å². The van der Waals surface area contributed by atoms with Gasteiger partial charge in [-0.25, -0.2) is 0 Å². The minimum Gasteiger partial charge on any atom is -0.375 e. The summed E-state index contributed by atoms with van der Waals surface area (Å²) >= 11 is 0. The molecule has 138 valence electrons. The second-order valence-electron chi connectivity index (χ2n) is 6.34. The highest BCUT2D eigenvalue weighted by molar-refractivity contribution is 5.80. The third-order valence-corrected chi connectivity index (χ3v) is 4.47. The first-order valence-electron chi connectivity index (χ1n) is 9.16. The number of carbonyl (C=O) groups excluding carboxylic acids is 1. The molecular formula is C19H31N5O. The van der Waals surface area contributed by atoms with E-state index in [9.17, 15) is 4.79 Å². The van der Waals surface area contributed by atoms with Crippen molar-refractivity contribution in [3.63, 3.8) is 0 Å². The number of anilines is 1. The number of guanidine groups is 1. The van der Waals surface area contributed by atoms with Crippen molar-refractivity contribution in [2.75, 3.05) is 57.8 Å². The van der Waals surface area contributed by atoms with E-state index in [1.54, 1.807) is 6.92 Å². The molecule has 0 aliphatic carbocycles. The van der Waals surface area contributed by atoms with Crippen LogP contribution < -0.4 is 10.2 Å². The fourth-order valence-electron chi connectivity index (χ4n) is 2.96. The predicted molar refractivity (Wildman–Crippen MR) is 104 cm³/mol. The summed E-state index contributed by atoms with van der Waals surface area (Å²) in [5.41, 5.74) is 1.23. The van der Waals surface area contributed by atoms with Crippen molar-refractivity contribution in [1.29, 1.82) is 0 Å². The van der Waals surface area contributed by atoms with Crippen LogP contribution in [0.1, 0.15) is 20.3 Å². The molecule has 0 atom stereocenters. The Bertz CT molecular complexity index is 552. The van der Waals surface area contributed by atoms with Gasteiger partial charge in [-0.15, -0.1) is 0 Å². The van der Waals surface area contributed by atoms with Crippen LogP contribution in [0.4, 0.5) is 5.69 Å². The molecule has 0 saturated carbocycles. The first kappa shape index (κ1) is 19.1. The van der Waals surface area contributed by atoms with Crippen LogP contribution in [0.5, 0.6) is 0 Å². The summed E-state index contributed by atoms with van der Waals surface area (Å²) in [5, 5.41) is 3.38. The van der Waals surface area contributed by atoms with E-state index in [1.165, 1.54) is 5.69 Å². The van der Waals surface area contributed by atoms with Gasteiger partial charge in [0.2, 0.25) is 5.91 Å². The zero-order chi connectivity index (χ0) is 18.1. The van der Waals surface area contributed by atoms with Gasteiger partial charge in [0.25, 0.3) is 0 Å². The number of nitrogens with zero attached hydrogens (tertiary/aromatic N) is 4. The van der Waals surface area contributed by atoms with E-state index in [4.69, 9.17) is 4.99 Å². The first-order chi connectivity index (χ1) is 12.1. The maximum Gasteiger partial charge on any atom is 0.219 e. The van der Waals surface area contributed by atoms with Crippen molar-refractivity contribution in [3.8, 4) is 0 Å². The van der Waals surface area contributed by atoms with Crippen molar-refractivity contribution in [2.45, 2.75) is 20.3 Å². The molecule has 25 heavy (non-hydrogen) atoms. The lowest BCUT2D eigenvalue weighted by molar-refractivity contribution is -0.130. The largest absolute Gasteiger partial charge is 0.375 e. The molecule has 1 fully saturated rings. The van der Waals surface area contributed by atoms with Crippen molar-refractivity contribution in [2.24, 2.45) is 4.99 Å². The molecule has 1 aliphatic heterocycles. The molecule has 0 aromatic heterocycles. The summed E-state index contributed by atoms with van der Waals surface area (Å²) < 4.78 is 0. The molecule has 1 heterocycles. The van der Waals surface area contributed by atoms with Crippen molar-refractivity contribution in [3.05, 3.63) is 30.3 Å². The van der Waals surface area contributed by atoms with E-state index in [1.807, 2.05) is 11.0 Å². The van der Waals surface area contributed by atoms with Crippen LogP contribution in [-0.2, 0) is 4.79 Å². The average molecular weight is 345 g/mol. The number of carbonyl (C=O) groups is 1. The highest BCUT2D eigenvalue weighted by atomic mass is 16.2. The van der Waals surface area contributed by atoms with E-state index in [-0.39, 0.29) is 5.91 Å². The lowest BCUT2D eigenvalue weighted by Crippen LogP contribution is -2.53. The van der Waals surface area contributed by atoms with Gasteiger partial charge < -0.3 is 20.0 Å². The van der Waals surface area contributed by atoms with Crippen LogP contribution in [0.15, 0.2) is 35.3 Å². The number of amides is 1. The number of piperazine rings is 1. The second kappa shape index (κ2) is 9.91. The molecule has 0 radical (unpaired) electrons. The Hall–Kier alpha value is -2.24. The van der Waals surface area contributed by atoms with Gasteiger partial charge in [0.15, 0.2) is 5.96 Å². The van der Waals surface area contributed by atoms with E-state index in [0.29, 0.717) is 0 Å². The second-order valence-corrected chi connectivity index (χ2v) is 6.34. The average Bonchev–Trinajstić information content (AvgIpc) is 2.65. The Morgan fingerprint density at radius 2 is 1.80 bits per heavy atom. The van der Waals surface area contributed by atoms with Crippen LogP contribution in [0.25, 0.3) is 0 Å². The van der Waals surface area contributed by atoms with Gasteiger partial charge in [-0.3, -0.25) is 9.79 Å². The molecule has 1 saturated heterocycles. The number of hydrogen-bond donors (Lipinski definition) is 1. The first-order valence-corrected chi connectivity index (χ1v) is 9.16. The SMILES string of the molecule is CCNC(=NCCCN(C)c1ccccc1)N1CCN(C(C)=O)CC1. The zero-order valence-corrected chi connectivity index (χ0v) is 15.7. The standard InChI is InChI=1S/C19H31N5O/c1-4-20-19(24-15-13-23(14-16-24)17(2)25)21-11-8-12-22(3)18-9-6-5-7-10-18/h5-7,9-10H,4,8,11-16H2,1-3H3,(H,20,21). The normalized spacial score (nSPS) is 15.2. The van der Waals surface area contributed by atoms with E-state index < -0.39 is 0 Å². The molecule has 2 rings (SSSR count). The lowest BCUT2D eigenvalue weighted by atomic mass is 10.3. The summed E-state index contributed by atoms with van der Waals surface area (Å²) in [7, 11) is 2.12. The van der Waals surface area contributed by atoms with Gasteiger partial charge >= 0.3 is 0 Å². The highest BCUT2D eigenvalue weighted by Gasteiger charge is 2.20. The Morgan fingerprint density at radius 1 is 1.16 bits per heavy atom. The Labute approximate surface area is 151 Å². The highest BCUT2D eigenvalue weighted by Crippen LogP contribution is 2.11. The van der Waals surface area contributed by atoms with E-state index in [0.717, 1.165) is 58.2 Å². The molecule has 1 aromatic rings. The van der Waals surface area contributed by atoms with Crippen molar-refractivity contribution in [1.82, 2.24) is 15.1 Å².